The van der Waals surface area contributed by atoms with Gasteiger partial charge in [-0.05, 0) is 87.0 Å². The molecule has 0 saturated carbocycles. The van der Waals surface area contributed by atoms with E-state index in [1.165, 1.54) is 44.3 Å². The molecule has 0 aliphatic heterocycles. The van der Waals surface area contributed by atoms with E-state index in [2.05, 4.69) is 165 Å². The Hall–Kier alpha value is -7.10. The van der Waals surface area contributed by atoms with Crippen LogP contribution in [0.3, 0.4) is 0 Å². The predicted molar refractivity (Wildman–Crippen MR) is 226 cm³/mol. The Morgan fingerprint density at radius 2 is 0.982 bits per heavy atom. The first-order chi connectivity index (χ1) is 27.1. The predicted octanol–water partition coefficient (Wildman–Crippen LogP) is 13.5. The molecule has 0 amide bonds. The Kier molecular flexibility index (Phi) is 6.99. The molecule has 0 bridgehead atoms. The second-order valence-corrected chi connectivity index (χ2v) is 14.6. The molecule has 8 aromatic carbocycles. The summed E-state index contributed by atoms with van der Waals surface area (Å²) in [5, 5.41) is 4.53. The molecule has 0 radical (unpaired) electrons. The lowest BCUT2D eigenvalue weighted by Gasteiger charge is -2.28. The molecule has 3 nitrogen and oxygen atoms in total. The van der Waals surface area contributed by atoms with E-state index in [4.69, 9.17) is 14.4 Å². The van der Waals surface area contributed by atoms with Gasteiger partial charge in [-0.1, -0.05) is 158 Å². The van der Waals surface area contributed by atoms with Gasteiger partial charge in [-0.25, -0.2) is 9.97 Å². The van der Waals surface area contributed by atoms with Gasteiger partial charge in [0.2, 0.25) is 0 Å². The molecular weight excluding hydrogens is 669 g/mol. The first-order valence-electron chi connectivity index (χ1n) is 18.8. The van der Waals surface area contributed by atoms with Crippen molar-refractivity contribution in [2.24, 2.45) is 0 Å². The standard InChI is InChI=1S/C52H34N2O/c1-52(36-16-6-3-7-17-36)45-22-12-10-20-40(45)41-26-24-34(30-46(41)52)37-28-29-42(39-19-9-8-18-38(37)39)48-32-47(53-51(54-48)33-14-4-2-5-15-33)35-25-27-44-43-21-11-13-23-49(43)55-50(44)31-35/h2-32H,1H3. The molecule has 10 aromatic rings. The maximum Gasteiger partial charge on any atom is 0.160 e. The van der Waals surface area contributed by atoms with E-state index in [0.29, 0.717) is 5.82 Å². The second kappa shape index (κ2) is 12.2. The SMILES string of the molecule is CC1(c2ccccc2)c2ccccc2-c2ccc(-c3ccc(-c4cc(-c5ccc6c(c5)oc5ccccc56)nc(-c5ccccc5)n4)c4ccccc34)cc21. The molecule has 0 spiro atoms. The molecule has 0 N–H and O–H groups in total. The van der Waals surface area contributed by atoms with E-state index in [1.807, 2.05) is 30.3 Å². The van der Waals surface area contributed by atoms with Crippen LogP contribution in [0.15, 0.2) is 192 Å². The van der Waals surface area contributed by atoms with Gasteiger partial charge in [0.1, 0.15) is 11.2 Å². The van der Waals surface area contributed by atoms with E-state index < -0.39 is 0 Å². The van der Waals surface area contributed by atoms with Crippen LogP contribution in [0.1, 0.15) is 23.6 Å². The quantitative estimate of drug-likeness (QED) is 0.179. The summed E-state index contributed by atoms with van der Waals surface area (Å²) in [6, 6.07) is 67.0. The second-order valence-electron chi connectivity index (χ2n) is 14.6. The fraction of sp³-hybridized carbons (Fsp3) is 0.0385. The van der Waals surface area contributed by atoms with Crippen LogP contribution < -0.4 is 0 Å². The summed E-state index contributed by atoms with van der Waals surface area (Å²) in [5.74, 6) is 0.685. The Bertz CT molecular complexity index is 3110. The molecule has 1 aliphatic carbocycles. The van der Waals surface area contributed by atoms with Gasteiger partial charge in [-0.3, -0.25) is 0 Å². The molecule has 3 heteroatoms. The highest BCUT2D eigenvalue weighted by molar-refractivity contribution is 6.07. The fourth-order valence-electron chi connectivity index (χ4n) is 8.85. The number of benzene rings is 8. The molecule has 11 rings (SSSR count). The van der Waals surface area contributed by atoms with Gasteiger partial charge in [0.15, 0.2) is 5.82 Å². The topological polar surface area (TPSA) is 38.9 Å². The minimum absolute atomic E-state index is 0.268. The molecule has 0 saturated heterocycles. The Morgan fingerprint density at radius 1 is 0.382 bits per heavy atom. The Morgan fingerprint density at radius 3 is 1.82 bits per heavy atom. The highest BCUT2D eigenvalue weighted by Gasteiger charge is 2.40. The first kappa shape index (κ1) is 31.4. The molecule has 2 aromatic heterocycles. The number of para-hydroxylation sites is 1. The lowest BCUT2D eigenvalue weighted by Crippen LogP contribution is -2.22. The highest BCUT2D eigenvalue weighted by atomic mass is 16.3. The number of rotatable bonds is 5. The molecule has 0 fully saturated rings. The molecule has 1 atom stereocenters. The van der Waals surface area contributed by atoms with Crippen molar-refractivity contribution >= 4 is 32.7 Å². The summed E-state index contributed by atoms with van der Waals surface area (Å²) in [4.78, 5) is 10.4. The highest BCUT2D eigenvalue weighted by Crippen LogP contribution is 2.53. The third-order valence-corrected chi connectivity index (χ3v) is 11.6. The van der Waals surface area contributed by atoms with E-state index in [0.717, 1.165) is 55.4 Å². The van der Waals surface area contributed by atoms with E-state index in [9.17, 15) is 0 Å². The normalized spacial score (nSPS) is 14.7. The van der Waals surface area contributed by atoms with Crippen molar-refractivity contribution in [2.75, 3.05) is 0 Å². The third kappa shape index (κ3) is 4.90. The van der Waals surface area contributed by atoms with Gasteiger partial charge in [-0.15, -0.1) is 0 Å². The lowest BCUT2D eigenvalue weighted by molar-refractivity contribution is 0.669. The number of furan rings is 1. The summed E-state index contributed by atoms with van der Waals surface area (Å²) in [7, 11) is 0. The molecule has 1 unspecified atom stereocenters. The van der Waals surface area contributed by atoms with Crippen LogP contribution in [0, 0.1) is 0 Å². The van der Waals surface area contributed by atoms with Crippen LogP contribution >= 0.6 is 0 Å². The Labute approximate surface area is 319 Å². The van der Waals surface area contributed by atoms with Crippen molar-refractivity contribution in [3.05, 3.63) is 205 Å². The zero-order chi connectivity index (χ0) is 36.5. The van der Waals surface area contributed by atoms with Crippen molar-refractivity contribution in [3.8, 4) is 56.2 Å². The van der Waals surface area contributed by atoms with Crippen molar-refractivity contribution < 1.29 is 4.42 Å². The summed E-state index contributed by atoms with van der Waals surface area (Å²) in [6.07, 6.45) is 0. The van der Waals surface area contributed by atoms with Crippen molar-refractivity contribution in [2.45, 2.75) is 12.3 Å². The molecule has 258 valence electrons. The molecule has 55 heavy (non-hydrogen) atoms. The van der Waals surface area contributed by atoms with E-state index >= 15 is 0 Å². The summed E-state index contributed by atoms with van der Waals surface area (Å²) in [5.41, 5.74) is 15.2. The van der Waals surface area contributed by atoms with Crippen LogP contribution in [-0.2, 0) is 5.41 Å². The number of hydrogen-bond acceptors (Lipinski definition) is 3. The monoisotopic (exact) mass is 702 g/mol. The average molecular weight is 703 g/mol. The van der Waals surface area contributed by atoms with Crippen LogP contribution in [-0.4, -0.2) is 9.97 Å². The van der Waals surface area contributed by atoms with Crippen molar-refractivity contribution in [1.29, 1.82) is 0 Å². The summed E-state index contributed by atoms with van der Waals surface area (Å²) in [6.45, 7) is 2.38. The van der Waals surface area contributed by atoms with Gasteiger partial charge in [0.05, 0.1) is 11.4 Å². The zero-order valence-electron chi connectivity index (χ0n) is 30.2. The smallest absolute Gasteiger partial charge is 0.160 e. The number of aromatic nitrogens is 2. The molecular formula is C52H34N2O. The lowest BCUT2D eigenvalue weighted by atomic mass is 9.74. The van der Waals surface area contributed by atoms with Gasteiger partial charge in [0.25, 0.3) is 0 Å². The van der Waals surface area contributed by atoms with Crippen LogP contribution in [0.25, 0.3) is 88.9 Å². The molecule has 2 heterocycles. The zero-order valence-corrected chi connectivity index (χ0v) is 30.2. The summed E-state index contributed by atoms with van der Waals surface area (Å²) < 4.78 is 6.30. The minimum atomic E-state index is -0.268. The summed E-state index contributed by atoms with van der Waals surface area (Å²) >= 11 is 0. The van der Waals surface area contributed by atoms with Gasteiger partial charge in [-0.2, -0.15) is 0 Å². The van der Waals surface area contributed by atoms with E-state index in [-0.39, 0.29) is 5.41 Å². The number of fused-ring (bicyclic) bond motifs is 7. The van der Waals surface area contributed by atoms with Gasteiger partial charge >= 0.3 is 0 Å². The fourth-order valence-corrected chi connectivity index (χ4v) is 8.85. The molecule has 1 aliphatic rings. The van der Waals surface area contributed by atoms with Crippen LogP contribution in [0.5, 0.6) is 0 Å². The maximum atomic E-state index is 6.30. The average Bonchev–Trinajstić information content (AvgIpc) is 3.76. The van der Waals surface area contributed by atoms with Crippen LogP contribution in [0.4, 0.5) is 0 Å². The minimum Gasteiger partial charge on any atom is -0.456 e. The Balaban J connectivity index is 1.08. The number of hydrogen-bond donors (Lipinski definition) is 0. The van der Waals surface area contributed by atoms with Crippen molar-refractivity contribution in [1.82, 2.24) is 9.97 Å². The largest absolute Gasteiger partial charge is 0.456 e. The maximum absolute atomic E-state index is 6.30. The number of nitrogens with zero attached hydrogens (tertiary/aromatic N) is 2. The third-order valence-electron chi connectivity index (χ3n) is 11.6. The van der Waals surface area contributed by atoms with Gasteiger partial charge < -0.3 is 4.42 Å². The van der Waals surface area contributed by atoms with E-state index in [1.54, 1.807) is 0 Å². The first-order valence-corrected chi connectivity index (χ1v) is 18.8. The van der Waals surface area contributed by atoms with Crippen molar-refractivity contribution in [3.63, 3.8) is 0 Å². The van der Waals surface area contributed by atoms with Gasteiger partial charge in [0, 0.05) is 32.9 Å². The van der Waals surface area contributed by atoms with Crippen LogP contribution in [0.2, 0.25) is 0 Å².